The number of halogens is 3. The molecule has 0 saturated heterocycles. The summed E-state index contributed by atoms with van der Waals surface area (Å²) in [5.74, 6) is -1.83. The van der Waals surface area contributed by atoms with Crippen molar-refractivity contribution < 1.29 is 13.6 Å². The zero-order valence-electron chi connectivity index (χ0n) is 13.3. The van der Waals surface area contributed by atoms with Crippen LogP contribution in [0.15, 0.2) is 53.1 Å². The summed E-state index contributed by atoms with van der Waals surface area (Å²) in [6.07, 6.45) is 1.51. The van der Waals surface area contributed by atoms with E-state index < -0.39 is 11.6 Å². The van der Waals surface area contributed by atoms with Crippen LogP contribution in [-0.2, 0) is 13.6 Å². The summed E-state index contributed by atoms with van der Waals surface area (Å²) in [5, 5.41) is 6.93. The molecule has 0 saturated carbocycles. The number of benzene rings is 2. The molecule has 1 N–H and O–H groups in total. The van der Waals surface area contributed by atoms with E-state index in [1.807, 2.05) is 24.3 Å². The van der Waals surface area contributed by atoms with Crippen molar-refractivity contribution in [2.75, 3.05) is 0 Å². The van der Waals surface area contributed by atoms with E-state index in [-0.39, 0.29) is 22.7 Å². The molecule has 2 aromatic carbocycles. The summed E-state index contributed by atoms with van der Waals surface area (Å²) in [4.78, 5) is 12.5. The number of carbonyl (C=O) groups is 1. The van der Waals surface area contributed by atoms with Crippen molar-refractivity contribution in [1.82, 2.24) is 15.1 Å². The molecule has 3 rings (SSSR count). The molecule has 1 heterocycles. The fraction of sp³-hybridized carbons (Fsp3) is 0.111. The first kappa shape index (κ1) is 17.3. The van der Waals surface area contributed by atoms with Gasteiger partial charge in [-0.1, -0.05) is 28.1 Å². The van der Waals surface area contributed by atoms with Crippen molar-refractivity contribution >= 4 is 21.8 Å². The van der Waals surface area contributed by atoms with Crippen molar-refractivity contribution in [2.45, 2.75) is 6.54 Å². The SMILES string of the molecule is Cn1cc(C(=O)NCc2ccc(Br)cc2)c(-c2ccc(F)cc2F)n1. The number of nitrogens with one attached hydrogen (secondary N) is 1. The van der Waals surface area contributed by atoms with Crippen LogP contribution in [0.2, 0.25) is 0 Å². The van der Waals surface area contributed by atoms with Crippen LogP contribution >= 0.6 is 15.9 Å². The van der Waals surface area contributed by atoms with E-state index in [2.05, 4.69) is 26.3 Å². The Bertz CT molecular complexity index is 923. The van der Waals surface area contributed by atoms with Gasteiger partial charge in [0.1, 0.15) is 17.3 Å². The van der Waals surface area contributed by atoms with Crippen molar-refractivity contribution in [2.24, 2.45) is 7.05 Å². The maximum absolute atomic E-state index is 14.1. The number of hydrogen-bond donors (Lipinski definition) is 1. The summed E-state index contributed by atoms with van der Waals surface area (Å²) in [6.45, 7) is 0.326. The van der Waals surface area contributed by atoms with Crippen LogP contribution in [0, 0.1) is 11.6 Å². The monoisotopic (exact) mass is 405 g/mol. The molecule has 7 heteroatoms. The zero-order valence-corrected chi connectivity index (χ0v) is 14.8. The van der Waals surface area contributed by atoms with E-state index in [4.69, 9.17) is 0 Å². The number of nitrogens with zero attached hydrogens (tertiary/aromatic N) is 2. The third-order valence-electron chi connectivity index (χ3n) is 3.63. The van der Waals surface area contributed by atoms with Gasteiger partial charge in [-0.25, -0.2) is 8.78 Å². The van der Waals surface area contributed by atoms with E-state index in [0.717, 1.165) is 22.2 Å². The molecule has 0 aliphatic heterocycles. The maximum atomic E-state index is 14.1. The van der Waals surface area contributed by atoms with Gasteiger partial charge in [-0.2, -0.15) is 5.10 Å². The topological polar surface area (TPSA) is 46.9 Å². The van der Waals surface area contributed by atoms with E-state index in [0.29, 0.717) is 6.54 Å². The Morgan fingerprint density at radius 3 is 2.60 bits per heavy atom. The summed E-state index contributed by atoms with van der Waals surface area (Å²) in [5.41, 5.74) is 1.41. The number of amides is 1. The lowest BCUT2D eigenvalue weighted by Gasteiger charge is -2.06. The lowest BCUT2D eigenvalue weighted by atomic mass is 10.1. The molecule has 0 bridgehead atoms. The fourth-order valence-corrected chi connectivity index (χ4v) is 2.68. The molecule has 1 aromatic heterocycles. The van der Waals surface area contributed by atoms with Crippen LogP contribution in [0.4, 0.5) is 8.78 Å². The molecule has 0 unspecified atom stereocenters. The third-order valence-corrected chi connectivity index (χ3v) is 4.15. The molecule has 0 aliphatic carbocycles. The van der Waals surface area contributed by atoms with Gasteiger partial charge in [-0.3, -0.25) is 9.48 Å². The van der Waals surface area contributed by atoms with Crippen molar-refractivity contribution in [1.29, 1.82) is 0 Å². The molecule has 128 valence electrons. The second-order valence-electron chi connectivity index (χ2n) is 5.50. The van der Waals surface area contributed by atoms with E-state index in [1.54, 1.807) is 7.05 Å². The second-order valence-corrected chi connectivity index (χ2v) is 6.41. The zero-order chi connectivity index (χ0) is 18.0. The molecular formula is C18H14BrF2N3O. The van der Waals surface area contributed by atoms with Gasteiger partial charge in [0.05, 0.1) is 5.56 Å². The lowest BCUT2D eigenvalue weighted by molar-refractivity contribution is 0.0951. The Morgan fingerprint density at radius 1 is 1.20 bits per heavy atom. The standard InChI is InChI=1S/C18H14BrF2N3O/c1-24-10-15(17(23-24)14-7-6-13(20)8-16(14)21)18(25)22-9-11-2-4-12(19)5-3-11/h2-8,10H,9H2,1H3,(H,22,25). The lowest BCUT2D eigenvalue weighted by Crippen LogP contribution is -2.23. The van der Waals surface area contributed by atoms with Crippen LogP contribution in [-0.4, -0.2) is 15.7 Å². The molecule has 1 amide bonds. The highest BCUT2D eigenvalue weighted by molar-refractivity contribution is 9.10. The minimum atomic E-state index is -0.763. The Hall–Kier alpha value is -2.54. The van der Waals surface area contributed by atoms with Crippen LogP contribution in [0.1, 0.15) is 15.9 Å². The van der Waals surface area contributed by atoms with Gasteiger partial charge in [-0.05, 0) is 29.8 Å². The smallest absolute Gasteiger partial charge is 0.255 e. The molecule has 4 nitrogen and oxygen atoms in total. The maximum Gasteiger partial charge on any atom is 0.255 e. The normalized spacial score (nSPS) is 10.7. The van der Waals surface area contributed by atoms with Crippen molar-refractivity contribution in [3.8, 4) is 11.3 Å². The van der Waals surface area contributed by atoms with Crippen LogP contribution < -0.4 is 5.32 Å². The Balaban J connectivity index is 1.84. The minimum absolute atomic E-state index is 0.0794. The van der Waals surface area contributed by atoms with Gasteiger partial charge in [0.15, 0.2) is 0 Å². The number of aryl methyl sites for hydroxylation is 1. The van der Waals surface area contributed by atoms with Crippen LogP contribution in [0.5, 0.6) is 0 Å². The number of aromatic nitrogens is 2. The summed E-state index contributed by atoms with van der Waals surface area (Å²) in [6, 6.07) is 10.7. The molecule has 0 spiro atoms. The van der Waals surface area contributed by atoms with E-state index in [9.17, 15) is 13.6 Å². The quantitative estimate of drug-likeness (QED) is 0.711. The Kier molecular flexibility index (Phi) is 4.94. The van der Waals surface area contributed by atoms with Crippen molar-refractivity contribution in [3.63, 3.8) is 0 Å². The van der Waals surface area contributed by atoms with E-state index >= 15 is 0 Å². The summed E-state index contributed by atoms with van der Waals surface area (Å²) >= 11 is 3.35. The van der Waals surface area contributed by atoms with Crippen molar-refractivity contribution in [3.05, 3.63) is 75.9 Å². The summed E-state index contributed by atoms with van der Waals surface area (Å²) in [7, 11) is 1.64. The predicted octanol–water partition coefficient (Wildman–Crippen LogP) is 4.06. The summed E-state index contributed by atoms with van der Waals surface area (Å²) < 4.78 is 29.5. The molecule has 25 heavy (non-hydrogen) atoms. The number of carbonyl (C=O) groups excluding carboxylic acids is 1. The van der Waals surface area contributed by atoms with Gasteiger partial charge >= 0.3 is 0 Å². The molecule has 0 fully saturated rings. The molecule has 0 aliphatic rings. The first-order valence-corrected chi connectivity index (χ1v) is 8.25. The highest BCUT2D eigenvalue weighted by atomic mass is 79.9. The average molecular weight is 406 g/mol. The highest BCUT2D eigenvalue weighted by Gasteiger charge is 2.19. The van der Waals surface area contributed by atoms with Crippen LogP contribution in [0.3, 0.4) is 0 Å². The average Bonchev–Trinajstić information content (AvgIpc) is 2.95. The predicted molar refractivity (Wildman–Crippen MR) is 93.9 cm³/mol. The Morgan fingerprint density at radius 2 is 1.92 bits per heavy atom. The Labute approximate surface area is 151 Å². The second kappa shape index (κ2) is 7.14. The van der Waals surface area contributed by atoms with Gasteiger partial charge in [0.25, 0.3) is 5.91 Å². The van der Waals surface area contributed by atoms with Gasteiger partial charge in [0, 0.05) is 35.9 Å². The molecule has 3 aromatic rings. The number of hydrogen-bond acceptors (Lipinski definition) is 2. The largest absolute Gasteiger partial charge is 0.348 e. The molecular weight excluding hydrogens is 392 g/mol. The molecule has 0 radical (unpaired) electrons. The van der Waals surface area contributed by atoms with E-state index in [1.165, 1.54) is 16.9 Å². The molecule has 0 atom stereocenters. The minimum Gasteiger partial charge on any atom is -0.348 e. The van der Waals surface area contributed by atoms with Gasteiger partial charge in [0.2, 0.25) is 0 Å². The van der Waals surface area contributed by atoms with Crippen LogP contribution in [0.25, 0.3) is 11.3 Å². The first-order chi connectivity index (χ1) is 11.9. The number of rotatable bonds is 4. The fourth-order valence-electron chi connectivity index (χ4n) is 2.41. The highest BCUT2D eigenvalue weighted by Crippen LogP contribution is 2.25. The van der Waals surface area contributed by atoms with Gasteiger partial charge in [-0.15, -0.1) is 0 Å². The third kappa shape index (κ3) is 3.93. The first-order valence-electron chi connectivity index (χ1n) is 7.46. The van der Waals surface area contributed by atoms with Gasteiger partial charge < -0.3 is 5.32 Å².